The summed E-state index contributed by atoms with van der Waals surface area (Å²) < 4.78 is 84.0. The van der Waals surface area contributed by atoms with Crippen molar-refractivity contribution in [1.29, 1.82) is 0 Å². The molecule has 0 spiro atoms. The minimum Gasteiger partial charge on any atom is -0.334 e. The number of nitrogens with zero attached hydrogens (tertiary/aromatic N) is 3. The van der Waals surface area contributed by atoms with Crippen LogP contribution < -0.4 is 5.43 Å². The fourth-order valence-electron chi connectivity index (χ4n) is 6.63. The number of hydrogen-bond acceptors (Lipinski definition) is 4. The van der Waals surface area contributed by atoms with Gasteiger partial charge in [0.15, 0.2) is 17.1 Å². The maximum Gasteiger partial charge on any atom is 0.416 e. The molecule has 0 N–H and O–H groups in total. The first kappa shape index (κ1) is 37.2. The van der Waals surface area contributed by atoms with Gasteiger partial charge in [-0.15, -0.1) is 11.8 Å². The van der Waals surface area contributed by atoms with Crippen LogP contribution in [-0.2, 0) is 29.8 Å². The fraction of sp³-hybridized carbons (Fsp3) is 0.300. The van der Waals surface area contributed by atoms with Crippen LogP contribution in [0.1, 0.15) is 43.4 Å². The average Bonchev–Trinajstić information content (AvgIpc) is 3.12. The third-order valence-electron chi connectivity index (χ3n) is 9.58. The molecule has 12 heteroatoms. The minimum atomic E-state index is -4.43. The second-order valence-corrected chi connectivity index (χ2v) is 14.2. The summed E-state index contributed by atoms with van der Waals surface area (Å²) in [6, 6.07) is 21.4. The van der Waals surface area contributed by atoms with E-state index in [1.165, 1.54) is 48.5 Å². The zero-order chi connectivity index (χ0) is 37.2. The van der Waals surface area contributed by atoms with Gasteiger partial charge in [0.2, 0.25) is 5.91 Å². The quantitative estimate of drug-likeness (QED) is 0.106. The highest BCUT2D eigenvalue weighted by atomic mass is 32.2. The van der Waals surface area contributed by atoms with Crippen LogP contribution in [0.15, 0.2) is 101 Å². The lowest BCUT2D eigenvalue weighted by Gasteiger charge is -2.40. The molecule has 1 aliphatic heterocycles. The molecule has 272 valence electrons. The van der Waals surface area contributed by atoms with Crippen molar-refractivity contribution in [3.8, 4) is 11.1 Å². The third-order valence-corrected chi connectivity index (χ3v) is 10.7. The molecule has 6 rings (SSSR count). The number of hydrogen-bond donors (Lipinski definition) is 0. The molecule has 1 aromatic heterocycles. The lowest BCUT2D eigenvalue weighted by molar-refractivity contribution is -0.138. The standard InChI is InChI=1S/C40H37F6N3O2S/c1-25(2)47-18-16-32(17-19-47)48(22-26-6-8-27(9-7-26)28-10-12-30(13-11-28)40(44,45)46)37(51)23-49-35-20-31(41)14-15-33(35)36(50)21-38(49)52-24-29-4-3-5-34(42)39(29)43/h3-15,20-21,25,32H,16-19,22-24H2,1-2H3. The first-order valence-electron chi connectivity index (χ1n) is 17.0. The number of rotatable bonds is 10. The van der Waals surface area contributed by atoms with Crippen LogP contribution >= 0.6 is 11.8 Å². The molecule has 4 aromatic carbocycles. The van der Waals surface area contributed by atoms with Crippen LogP contribution in [0.2, 0.25) is 0 Å². The van der Waals surface area contributed by atoms with E-state index in [1.54, 1.807) is 21.6 Å². The molecule has 1 fully saturated rings. The zero-order valence-electron chi connectivity index (χ0n) is 28.6. The summed E-state index contributed by atoms with van der Waals surface area (Å²) in [5.41, 5.74) is 1.31. The molecule has 5 nitrogen and oxygen atoms in total. The summed E-state index contributed by atoms with van der Waals surface area (Å²) in [7, 11) is 0. The summed E-state index contributed by atoms with van der Waals surface area (Å²) >= 11 is 1.05. The summed E-state index contributed by atoms with van der Waals surface area (Å²) in [5, 5.41) is 0.515. The first-order chi connectivity index (χ1) is 24.8. The van der Waals surface area contributed by atoms with Crippen molar-refractivity contribution in [3.05, 3.63) is 135 Å². The first-order valence-corrected chi connectivity index (χ1v) is 18.0. The molecule has 0 radical (unpaired) electrons. The van der Waals surface area contributed by atoms with Gasteiger partial charge < -0.3 is 14.4 Å². The van der Waals surface area contributed by atoms with E-state index in [9.17, 15) is 35.9 Å². The number of likely N-dealkylation sites (tertiary alicyclic amines) is 1. The predicted molar refractivity (Wildman–Crippen MR) is 191 cm³/mol. The molecule has 0 aliphatic carbocycles. The molecule has 2 heterocycles. The number of thioether (sulfide) groups is 1. The maximum atomic E-state index is 14.7. The van der Waals surface area contributed by atoms with Crippen LogP contribution in [0.5, 0.6) is 0 Å². The molecular weight excluding hydrogens is 701 g/mol. The molecule has 1 aliphatic rings. The summed E-state index contributed by atoms with van der Waals surface area (Å²) in [5.74, 6) is -2.92. The van der Waals surface area contributed by atoms with Crippen molar-refractivity contribution in [2.45, 2.75) is 68.8 Å². The van der Waals surface area contributed by atoms with Gasteiger partial charge in [-0.25, -0.2) is 13.2 Å². The predicted octanol–water partition coefficient (Wildman–Crippen LogP) is 9.30. The van der Waals surface area contributed by atoms with E-state index in [-0.39, 0.29) is 47.3 Å². The Bertz CT molecular complexity index is 2110. The van der Waals surface area contributed by atoms with Crippen LogP contribution in [0.3, 0.4) is 0 Å². The normalized spacial score (nSPS) is 14.3. The number of amides is 1. The van der Waals surface area contributed by atoms with Crippen LogP contribution in [-0.4, -0.2) is 45.4 Å². The molecule has 0 unspecified atom stereocenters. The lowest BCUT2D eigenvalue weighted by atomic mass is 9.99. The van der Waals surface area contributed by atoms with Crippen LogP contribution in [0.4, 0.5) is 26.3 Å². The summed E-state index contributed by atoms with van der Waals surface area (Å²) in [4.78, 5) is 31.8. The molecule has 1 amide bonds. The Labute approximate surface area is 301 Å². The number of fused-ring (bicyclic) bond motifs is 1. The van der Waals surface area contributed by atoms with Crippen molar-refractivity contribution < 1.29 is 31.1 Å². The Balaban J connectivity index is 1.31. The van der Waals surface area contributed by atoms with Crippen LogP contribution in [0.25, 0.3) is 22.0 Å². The average molecular weight is 738 g/mol. The Morgan fingerprint density at radius 2 is 1.54 bits per heavy atom. The van der Waals surface area contributed by atoms with E-state index in [4.69, 9.17) is 0 Å². The molecule has 0 bridgehead atoms. The van der Waals surface area contributed by atoms with Gasteiger partial charge in [-0.05, 0) is 79.8 Å². The van der Waals surface area contributed by atoms with Gasteiger partial charge in [-0.3, -0.25) is 9.59 Å². The molecule has 1 saturated heterocycles. The van der Waals surface area contributed by atoms with E-state index >= 15 is 0 Å². The lowest BCUT2D eigenvalue weighted by Crippen LogP contribution is -2.49. The van der Waals surface area contributed by atoms with E-state index in [0.717, 1.165) is 54.2 Å². The molecule has 5 aromatic rings. The monoisotopic (exact) mass is 737 g/mol. The van der Waals surface area contributed by atoms with Crippen molar-refractivity contribution >= 4 is 28.6 Å². The maximum absolute atomic E-state index is 14.7. The van der Waals surface area contributed by atoms with Gasteiger partial charge in [-0.1, -0.05) is 48.5 Å². The Morgan fingerprint density at radius 3 is 2.17 bits per heavy atom. The second kappa shape index (κ2) is 15.6. The number of aromatic nitrogens is 1. The van der Waals surface area contributed by atoms with Gasteiger partial charge >= 0.3 is 6.18 Å². The largest absolute Gasteiger partial charge is 0.416 e. The van der Waals surface area contributed by atoms with E-state index < -0.39 is 34.6 Å². The molecule has 0 saturated carbocycles. The fourth-order valence-corrected chi connectivity index (χ4v) is 7.66. The van der Waals surface area contributed by atoms with Crippen molar-refractivity contribution in [2.75, 3.05) is 13.1 Å². The highest BCUT2D eigenvalue weighted by Gasteiger charge is 2.31. The van der Waals surface area contributed by atoms with Gasteiger partial charge in [0, 0.05) is 54.5 Å². The minimum absolute atomic E-state index is 0.0410. The number of halogens is 6. The van der Waals surface area contributed by atoms with Gasteiger partial charge in [-0.2, -0.15) is 13.2 Å². The Morgan fingerprint density at radius 1 is 0.885 bits per heavy atom. The number of pyridine rings is 1. The van der Waals surface area contributed by atoms with Crippen molar-refractivity contribution in [3.63, 3.8) is 0 Å². The number of carbonyl (C=O) groups is 1. The Kier molecular flexibility index (Phi) is 11.2. The molecule has 0 atom stereocenters. The van der Waals surface area contributed by atoms with Gasteiger partial charge in [0.05, 0.1) is 16.1 Å². The SMILES string of the molecule is CC(C)N1CCC(N(Cc2ccc(-c3ccc(C(F)(F)F)cc3)cc2)C(=O)Cn2c(SCc3cccc(F)c3F)cc(=O)c3ccc(F)cc32)CC1. The van der Waals surface area contributed by atoms with E-state index in [0.29, 0.717) is 29.5 Å². The topological polar surface area (TPSA) is 45.5 Å². The summed E-state index contributed by atoms with van der Waals surface area (Å²) in [6.07, 6.45) is -3.00. The van der Waals surface area contributed by atoms with Gasteiger partial charge in [0.25, 0.3) is 0 Å². The highest BCUT2D eigenvalue weighted by Crippen LogP contribution is 2.32. The highest BCUT2D eigenvalue weighted by molar-refractivity contribution is 7.98. The number of carbonyl (C=O) groups excluding carboxylic acids is 1. The smallest absolute Gasteiger partial charge is 0.334 e. The van der Waals surface area contributed by atoms with Crippen molar-refractivity contribution in [2.24, 2.45) is 0 Å². The number of benzene rings is 4. The van der Waals surface area contributed by atoms with Gasteiger partial charge in [0.1, 0.15) is 12.4 Å². The van der Waals surface area contributed by atoms with E-state index in [2.05, 4.69) is 18.7 Å². The number of piperidine rings is 1. The Hall–Kier alpha value is -4.55. The van der Waals surface area contributed by atoms with E-state index in [1.807, 2.05) is 12.1 Å². The third kappa shape index (κ3) is 8.39. The van der Waals surface area contributed by atoms with Crippen LogP contribution in [0, 0.1) is 17.5 Å². The zero-order valence-corrected chi connectivity index (χ0v) is 29.4. The summed E-state index contributed by atoms with van der Waals surface area (Å²) in [6.45, 7) is 5.80. The molecule has 52 heavy (non-hydrogen) atoms. The van der Waals surface area contributed by atoms with Crippen molar-refractivity contribution in [1.82, 2.24) is 14.4 Å². The molecular formula is C40H37F6N3O2S. The second-order valence-electron chi connectivity index (χ2n) is 13.3. The number of alkyl halides is 3.